The molecular weight excluding hydrogens is 600 g/mol. The average molecular weight is 644 g/mol. The second-order valence-electron chi connectivity index (χ2n) is 13.1. The number of hydrogen-bond donors (Lipinski definition) is 0. The number of rotatable bonds is 8. The Kier molecular flexibility index (Phi) is 7.52. The molecule has 2 aliphatic carbocycles. The number of fused-ring (bicyclic) bond motifs is 8. The third kappa shape index (κ3) is 3.87. The van der Waals surface area contributed by atoms with Crippen molar-refractivity contribution in [3.63, 3.8) is 0 Å². The topological polar surface area (TPSA) is 0 Å². The number of unbranched alkanes of at least 4 members (excludes halogenated alkanes) is 2. The average Bonchev–Trinajstić information content (AvgIpc) is 3.52. The molecule has 212 valence electrons. The van der Waals surface area contributed by atoms with Gasteiger partial charge in [0.1, 0.15) is 0 Å². The van der Waals surface area contributed by atoms with Crippen LogP contribution in [-0.2, 0) is 20.3 Å². The quantitative estimate of drug-likeness (QED) is 0.168. The molecule has 4 aromatic rings. The Hall–Kier alpha value is -2.54. The first-order valence-electron chi connectivity index (χ1n) is 16.3. The molecule has 4 bridgehead atoms. The molecule has 1 aliphatic heterocycles. The van der Waals surface area contributed by atoms with Crippen molar-refractivity contribution in [2.75, 3.05) is 0 Å². The summed E-state index contributed by atoms with van der Waals surface area (Å²) in [5.41, 5.74) is 10.0. The van der Waals surface area contributed by atoms with E-state index in [0.29, 0.717) is 7.25 Å². The summed E-state index contributed by atoms with van der Waals surface area (Å²) in [7, 11) is -2.65. The molecule has 3 aliphatic rings. The fourth-order valence-corrected chi connectivity index (χ4v) is 34.8. The zero-order valence-electron chi connectivity index (χ0n) is 25.8. The maximum absolute atomic E-state index is 3.06. The SMILES string of the molecule is CCC[CH2][Zr]1([CH2]CCC)[CH]2C(C)=C(c3ccccc32)[Si](c2ccccc2)(c2ccccc2)C2=C(C)[CH]1c1ccccc12. The fraction of sp³-hybridized carbons (Fsp3) is 0.300. The van der Waals surface area contributed by atoms with Crippen molar-refractivity contribution < 1.29 is 20.3 Å². The molecule has 0 saturated carbocycles. The van der Waals surface area contributed by atoms with E-state index in [-0.39, 0.29) is 0 Å². The van der Waals surface area contributed by atoms with Gasteiger partial charge in [0.15, 0.2) is 0 Å². The molecule has 0 fully saturated rings. The van der Waals surface area contributed by atoms with E-state index in [4.69, 9.17) is 0 Å². The standard InChI is InChI=1S/C32H26Si.2C4H9.Zr/c1-23-21-25-13-9-11-19-29(25)31(23)33(27-15-5-3-6-16-27,28-17-7-4-8-18-28)32-24(2)22-26-14-10-12-20-30(26)32;2*1-3-4-2;/h3-22H,1-2H3;2*1,3-4H2,2H3;. The third-order valence-corrected chi connectivity index (χ3v) is 31.9. The Labute approximate surface area is 259 Å². The monoisotopic (exact) mass is 642 g/mol. The summed E-state index contributed by atoms with van der Waals surface area (Å²) in [6.45, 7) is 10.0. The minimum absolute atomic E-state index is 0.649. The van der Waals surface area contributed by atoms with Crippen LogP contribution in [0, 0.1) is 0 Å². The molecule has 42 heavy (non-hydrogen) atoms. The van der Waals surface area contributed by atoms with E-state index in [1.165, 1.54) is 44.3 Å². The Balaban J connectivity index is 1.71. The van der Waals surface area contributed by atoms with Gasteiger partial charge in [-0.25, -0.2) is 0 Å². The van der Waals surface area contributed by atoms with Gasteiger partial charge in [-0.3, -0.25) is 0 Å². The molecule has 2 heteroatoms. The van der Waals surface area contributed by atoms with Gasteiger partial charge in [0.05, 0.1) is 0 Å². The van der Waals surface area contributed by atoms with E-state index < -0.39 is 28.3 Å². The van der Waals surface area contributed by atoms with E-state index in [0.717, 1.165) is 0 Å². The zero-order valence-corrected chi connectivity index (χ0v) is 29.2. The molecule has 0 saturated heterocycles. The summed E-state index contributed by atoms with van der Waals surface area (Å²) >= 11 is -3.06. The van der Waals surface area contributed by atoms with Crippen LogP contribution in [0.5, 0.6) is 0 Å². The normalized spacial score (nSPS) is 21.1. The van der Waals surface area contributed by atoms with Gasteiger partial charge in [0.2, 0.25) is 0 Å². The van der Waals surface area contributed by atoms with Crippen LogP contribution < -0.4 is 10.4 Å². The second-order valence-corrected chi connectivity index (χ2v) is 28.1. The van der Waals surface area contributed by atoms with Gasteiger partial charge in [-0.15, -0.1) is 0 Å². The maximum atomic E-state index is 2.60. The first-order valence-corrected chi connectivity index (χ1v) is 24.6. The predicted molar refractivity (Wildman–Crippen MR) is 181 cm³/mol. The van der Waals surface area contributed by atoms with Crippen LogP contribution in [0.15, 0.2) is 120 Å². The van der Waals surface area contributed by atoms with Crippen LogP contribution in [0.25, 0.3) is 10.4 Å². The van der Waals surface area contributed by atoms with Crippen molar-refractivity contribution in [2.45, 2.75) is 68.9 Å². The molecule has 0 nitrogen and oxygen atoms in total. The second kappa shape index (κ2) is 11.2. The van der Waals surface area contributed by atoms with Crippen molar-refractivity contribution >= 4 is 28.8 Å². The molecule has 0 radical (unpaired) electrons. The van der Waals surface area contributed by atoms with Crippen LogP contribution >= 0.6 is 0 Å². The van der Waals surface area contributed by atoms with E-state index in [1.807, 2.05) is 0 Å². The van der Waals surface area contributed by atoms with E-state index >= 15 is 0 Å². The molecule has 1 heterocycles. The zero-order chi connectivity index (χ0) is 28.9. The Morgan fingerprint density at radius 3 is 1.31 bits per heavy atom. The molecule has 2 atom stereocenters. The third-order valence-electron chi connectivity index (χ3n) is 11.0. The first-order chi connectivity index (χ1) is 20.6. The summed E-state index contributed by atoms with van der Waals surface area (Å²) in [5, 5.41) is 6.52. The van der Waals surface area contributed by atoms with Crippen molar-refractivity contribution in [1.82, 2.24) is 0 Å². The van der Waals surface area contributed by atoms with Gasteiger partial charge < -0.3 is 0 Å². The van der Waals surface area contributed by atoms with Gasteiger partial charge in [0.25, 0.3) is 0 Å². The molecular formula is C40H44SiZr. The summed E-state index contributed by atoms with van der Waals surface area (Å²) in [4.78, 5) is 0. The van der Waals surface area contributed by atoms with Crippen LogP contribution in [0.1, 0.15) is 82.9 Å². The van der Waals surface area contributed by atoms with Crippen molar-refractivity contribution in [2.24, 2.45) is 0 Å². The predicted octanol–water partition coefficient (Wildman–Crippen LogP) is 9.99. The van der Waals surface area contributed by atoms with E-state index in [2.05, 4.69) is 137 Å². The summed E-state index contributed by atoms with van der Waals surface area (Å²) in [6, 6.07) is 42.9. The number of hydrogen-bond acceptors (Lipinski definition) is 0. The molecule has 0 amide bonds. The van der Waals surface area contributed by atoms with Crippen molar-refractivity contribution in [3.8, 4) is 0 Å². The molecule has 7 rings (SSSR count). The molecule has 2 unspecified atom stereocenters. The Morgan fingerprint density at radius 2 is 0.905 bits per heavy atom. The number of benzene rings is 4. The van der Waals surface area contributed by atoms with Crippen molar-refractivity contribution in [3.05, 3.63) is 143 Å². The first kappa shape index (κ1) is 28.2. The van der Waals surface area contributed by atoms with Crippen LogP contribution in [0.2, 0.25) is 8.26 Å². The van der Waals surface area contributed by atoms with Crippen molar-refractivity contribution in [1.29, 1.82) is 0 Å². The van der Waals surface area contributed by atoms with E-state index in [1.54, 1.807) is 43.8 Å². The van der Waals surface area contributed by atoms with E-state index in [9.17, 15) is 0 Å². The van der Waals surface area contributed by atoms with Gasteiger partial charge >= 0.3 is 261 Å². The Bertz CT molecular complexity index is 1550. The summed E-state index contributed by atoms with van der Waals surface area (Å²) < 4.78 is 4.28. The molecule has 4 aromatic carbocycles. The Morgan fingerprint density at radius 1 is 0.524 bits per heavy atom. The van der Waals surface area contributed by atoms with Gasteiger partial charge in [0, 0.05) is 0 Å². The summed E-state index contributed by atoms with van der Waals surface area (Å²) in [5.74, 6) is 0. The van der Waals surface area contributed by atoms with Gasteiger partial charge in [-0.1, -0.05) is 0 Å². The number of allylic oxidation sites excluding steroid dienone is 2. The van der Waals surface area contributed by atoms with Crippen LogP contribution in [0.3, 0.4) is 0 Å². The molecule has 0 N–H and O–H groups in total. The minimum atomic E-state index is -3.06. The molecule has 0 spiro atoms. The fourth-order valence-electron chi connectivity index (χ4n) is 9.74. The van der Waals surface area contributed by atoms with Gasteiger partial charge in [-0.2, -0.15) is 0 Å². The summed E-state index contributed by atoms with van der Waals surface area (Å²) in [6.07, 6.45) is 5.35. The molecule has 0 aromatic heterocycles. The van der Waals surface area contributed by atoms with Crippen LogP contribution in [0.4, 0.5) is 0 Å². The van der Waals surface area contributed by atoms with Gasteiger partial charge in [-0.05, 0) is 0 Å². The van der Waals surface area contributed by atoms with Crippen LogP contribution in [-0.4, -0.2) is 8.07 Å².